The van der Waals surface area contributed by atoms with Gasteiger partial charge in [-0.25, -0.2) is 0 Å². The highest BCUT2D eigenvalue weighted by Crippen LogP contribution is 2.23. The minimum atomic E-state index is 0.0544. The Bertz CT molecular complexity index is 612. The number of nitrogens with one attached hydrogen (secondary N) is 2. The highest BCUT2D eigenvalue weighted by molar-refractivity contribution is 5.63. The fourth-order valence-electron chi connectivity index (χ4n) is 1.87. The van der Waals surface area contributed by atoms with Gasteiger partial charge in [-0.05, 0) is 25.5 Å². The zero-order valence-electron chi connectivity index (χ0n) is 13.1. The van der Waals surface area contributed by atoms with Crippen molar-refractivity contribution < 1.29 is 5.11 Å². The zero-order valence-corrected chi connectivity index (χ0v) is 13.1. The number of hydrogen-bond donors (Lipinski definition) is 3. The molecule has 0 amide bonds. The van der Waals surface area contributed by atoms with Gasteiger partial charge in [-0.3, -0.25) is 0 Å². The second-order valence-corrected chi connectivity index (χ2v) is 4.41. The molecule has 3 N–H and O–H groups in total. The summed E-state index contributed by atoms with van der Waals surface area (Å²) in [4.78, 5) is 0. The third kappa shape index (κ3) is 4.76. The molecule has 1 rings (SSSR count). The number of anilines is 2. The van der Waals surface area contributed by atoms with Gasteiger partial charge in [-0.15, -0.1) is 11.5 Å². The second-order valence-electron chi connectivity index (χ2n) is 4.41. The Labute approximate surface area is 131 Å². The van der Waals surface area contributed by atoms with Crippen molar-refractivity contribution in [3.8, 4) is 12.3 Å². The van der Waals surface area contributed by atoms with Crippen molar-refractivity contribution in [2.45, 2.75) is 20.3 Å². The van der Waals surface area contributed by atoms with Gasteiger partial charge >= 0.3 is 0 Å². The van der Waals surface area contributed by atoms with E-state index >= 15 is 0 Å². The molecule has 5 nitrogen and oxygen atoms in total. The van der Waals surface area contributed by atoms with E-state index in [-0.39, 0.29) is 6.61 Å². The average molecular weight is 298 g/mol. The molecule has 1 heterocycles. The van der Waals surface area contributed by atoms with Crippen molar-refractivity contribution in [3.05, 3.63) is 47.8 Å². The van der Waals surface area contributed by atoms with Crippen LogP contribution in [0.4, 0.5) is 11.5 Å². The summed E-state index contributed by atoms with van der Waals surface area (Å²) in [5, 5.41) is 23.4. The van der Waals surface area contributed by atoms with E-state index in [4.69, 9.17) is 11.5 Å². The van der Waals surface area contributed by atoms with Gasteiger partial charge in [0.15, 0.2) is 5.82 Å². The van der Waals surface area contributed by atoms with E-state index in [0.29, 0.717) is 12.4 Å². The molecule has 0 saturated heterocycles. The van der Waals surface area contributed by atoms with Gasteiger partial charge in [0.2, 0.25) is 0 Å². The third-order valence-corrected chi connectivity index (χ3v) is 3.01. The monoisotopic (exact) mass is 298 g/mol. The van der Waals surface area contributed by atoms with E-state index in [0.717, 1.165) is 28.9 Å². The Hall–Kier alpha value is -2.58. The molecule has 0 bridgehead atoms. The zero-order chi connectivity index (χ0) is 16.4. The largest absolute Gasteiger partial charge is 0.395 e. The molecule has 0 atom stereocenters. The maximum Gasteiger partial charge on any atom is 0.158 e. The SMILES string of the molecule is C#CC(=C/C)/C=C(\C=C)Nc1nncc(NCCO)c1CC. The van der Waals surface area contributed by atoms with Gasteiger partial charge in [-0.2, -0.15) is 5.10 Å². The summed E-state index contributed by atoms with van der Waals surface area (Å²) in [5.74, 6) is 3.23. The molecule has 1 aromatic rings. The minimum Gasteiger partial charge on any atom is -0.395 e. The summed E-state index contributed by atoms with van der Waals surface area (Å²) < 4.78 is 0. The molecule has 22 heavy (non-hydrogen) atoms. The number of hydrogen-bond acceptors (Lipinski definition) is 5. The van der Waals surface area contributed by atoms with Crippen molar-refractivity contribution in [3.63, 3.8) is 0 Å². The number of aliphatic hydroxyl groups excluding tert-OH is 1. The van der Waals surface area contributed by atoms with Gasteiger partial charge < -0.3 is 15.7 Å². The lowest BCUT2D eigenvalue weighted by atomic mass is 10.1. The molecule has 0 aromatic carbocycles. The molecule has 0 aliphatic heterocycles. The summed E-state index contributed by atoms with van der Waals surface area (Å²) in [6.45, 7) is 8.21. The van der Waals surface area contributed by atoms with E-state index in [1.54, 1.807) is 12.3 Å². The molecule has 0 aliphatic carbocycles. The molecule has 5 heteroatoms. The standard InChI is InChI=1S/C17H22N4O/c1-5-13(6-2)11-14(7-3)20-17-15(8-4)16(12-19-21-17)18-9-10-22/h1,6-7,11-12,22H,3,8-10H2,2,4H3,(H2,18,20,21)/b13-6-,14-11+. The number of aliphatic hydroxyl groups is 1. The van der Waals surface area contributed by atoms with Gasteiger partial charge in [-0.1, -0.05) is 25.5 Å². The smallest absolute Gasteiger partial charge is 0.158 e. The lowest BCUT2D eigenvalue weighted by Crippen LogP contribution is -2.11. The molecular weight excluding hydrogens is 276 g/mol. The molecule has 0 aliphatic rings. The third-order valence-electron chi connectivity index (χ3n) is 3.01. The van der Waals surface area contributed by atoms with Crippen LogP contribution in [0.3, 0.4) is 0 Å². The van der Waals surface area contributed by atoms with E-state index in [2.05, 4.69) is 33.3 Å². The maximum absolute atomic E-state index is 8.94. The van der Waals surface area contributed by atoms with Crippen LogP contribution < -0.4 is 10.6 Å². The van der Waals surface area contributed by atoms with Crippen molar-refractivity contribution in [2.75, 3.05) is 23.8 Å². The highest BCUT2D eigenvalue weighted by Gasteiger charge is 2.09. The number of nitrogens with zero attached hydrogens (tertiary/aromatic N) is 2. The van der Waals surface area contributed by atoms with Gasteiger partial charge in [0.1, 0.15) is 0 Å². The first-order chi connectivity index (χ1) is 10.7. The second kappa shape index (κ2) is 9.37. The van der Waals surface area contributed by atoms with Crippen molar-refractivity contribution in [2.24, 2.45) is 0 Å². The Balaban J connectivity index is 3.11. The number of aromatic nitrogens is 2. The Kier molecular flexibility index (Phi) is 7.44. The van der Waals surface area contributed by atoms with E-state index in [1.807, 2.05) is 26.0 Å². The summed E-state index contributed by atoms with van der Waals surface area (Å²) in [5.41, 5.74) is 3.33. The van der Waals surface area contributed by atoms with E-state index in [1.165, 1.54) is 0 Å². The van der Waals surface area contributed by atoms with Crippen LogP contribution in [0.15, 0.2) is 42.3 Å². The summed E-state index contributed by atoms with van der Waals surface area (Å²) in [6.07, 6.45) is 13.2. The molecule has 116 valence electrons. The fraction of sp³-hybridized carbons (Fsp3) is 0.294. The van der Waals surface area contributed by atoms with E-state index < -0.39 is 0 Å². The quantitative estimate of drug-likeness (QED) is 0.508. The molecule has 1 aromatic heterocycles. The molecular formula is C17H22N4O. The van der Waals surface area contributed by atoms with Crippen molar-refractivity contribution in [1.82, 2.24) is 10.2 Å². The summed E-state index contributed by atoms with van der Waals surface area (Å²) in [7, 11) is 0. The van der Waals surface area contributed by atoms with Crippen LogP contribution in [0.2, 0.25) is 0 Å². The Morgan fingerprint density at radius 1 is 1.55 bits per heavy atom. The van der Waals surface area contributed by atoms with Crippen molar-refractivity contribution in [1.29, 1.82) is 0 Å². The predicted molar refractivity (Wildman–Crippen MR) is 91.5 cm³/mol. The molecule has 0 radical (unpaired) electrons. The lowest BCUT2D eigenvalue weighted by molar-refractivity contribution is 0.311. The first-order valence-electron chi connectivity index (χ1n) is 7.13. The van der Waals surface area contributed by atoms with Crippen LogP contribution in [-0.4, -0.2) is 28.5 Å². The van der Waals surface area contributed by atoms with Crippen LogP contribution in [-0.2, 0) is 6.42 Å². The van der Waals surface area contributed by atoms with Gasteiger partial charge in [0.25, 0.3) is 0 Å². The van der Waals surface area contributed by atoms with E-state index in [9.17, 15) is 0 Å². The normalized spacial score (nSPS) is 11.7. The number of terminal acetylenes is 1. The highest BCUT2D eigenvalue weighted by atomic mass is 16.3. The first kappa shape index (κ1) is 17.5. The molecule has 0 saturated carbocycles. The van der Waals surface area contributed by atoms with Crippen LogP contribution in [0.5, 0.6) is 0 Å². The van der Waals surface area contributed by atoms with Crippen LogP contribution >= 0.6 is 0 Å². The van der Waals surface area contributed by atoms with Gasteiger partial charge in [0.05, 0.1) is 18.5 Å². The number of allylic oxidation sites excluding steroid dienone is 4. The van der Waals surface area contributed by atoms with Crippen LogP contribution in [0.25, 0.3) is 0 Å². The van der Waals surface area contributed by atoms with Crippen LogP contribution in [0, 0.1) is 12.3 Å². The minimum absolute atomic E-state index is 0.0544. The Morgan fingerprint density at radius 3 is 2.86 bits per heavy atom. The molecule has 0 fully saturated rings. The lowest BCUT2D eigenvalue weighted by Gasteiger charge is -2.14. The predicted octanol–water partition coefficient (Wildman–Crippen LogP) is 2.50. The van der Waals surface area contributed by atoms with Crippen LogP contribution in [0.1, 0.15) is 19.4 Å². The average Bonchev–Trinajstić information content (AvgIpc) is 2.56. The molecule has 0 unspecified atom stereocenters. The number of rotatable bonds is 8. The summed E-state index contributed by atoms with van der Waals surface area (Å²) >= 11 is 0. The summed E-state index contributed by atoms with van der Waals surface area (Å²) in [6, 6.07) is 0. The maximum atomic E-state index is 8.94. The topological polar surface area (TPSA) is 70.1 Å². The van der Waals surface area contributed by atoms with Gasteiger partial charge in [0, 0.05) is 23.4 Å². The fourth-order valence-corrected chi connectivity index (χ4v) is 1.87. The molecule has 0 spiro atoms. The van der Waals surface area contributed by atoms with Crippen molar-refractivity contribution >= 4 is 11.5 Å². The Morgan fingerprint density at radius 2 is 2.32 bits per heavy atom. The first-order valence-corrected chi connectivity index (χ1v) is 7.13.